The molecule has 3 nitrogen and oxygen atoms in total. The van der Waals surface area contributed by atoms with Gasteiger partial charge in [0.15, 0.2) is 0 Å². The summed E-state index contributed by atoms with van der Waals surface area (Å²) in [5.74, 6) is 0.765. The van der Waals surface area contributed by atoms with Gasteiger partial charge in [-0.3, -0.25) is 9.88 Å². The quantitative estimate of drug-likeness (QED) is 0.829. The highest BCUT2D eigenvalue weighted by atomic mass is 15.1. The summed E-state index contributed by atoms with van der Waals surface area (Å²) in [7, 11) is 2.19. The van der Waals surface area contributed by atoms with Gasteiger partial charge in [0.2, 0.25) is 0 Å². The van der Waals surface area contributed by atoms with E-state index >= 15 is 0 Å². The van der Waals surface area contributed by atoms with E-state index in [-0.39, 0.29) is 0 Å². The van der Waals surface area contributed by atoms with Gasteiger partial charge in [-0.2, -0.15) is 0 Å². The van der Waals surface area contributed by atoms with Crippen molar-refractivity contribution >= 4 is 0 Å². The zero-order valence-corrected chi connectivity index (χ0v) is 12.1. The molecule has 1 aromatic rings. The topological polar surface area (TPSA) is 42.2 Å². The first-order chi connectivity index (χ1) is 9.31. The van der Waals surface area contributed by atoms with Gasteiger partial charge in [0.25, 0.3) is 0 Å². The van der Waals surface area contributed by atoms with Crippen molar-refractivity contribution in [3.63, 3.8) is 0 Å². The summed E-state index contributed by atoms with van der Waals surface area (Å²) in [5, 5.41) is 0. The highest BCUT2D eigenvalue weighted by molar-refractivity contribution is 5.03. The molecule has 1 heterocycles. The summed E-state index contributed by atoms with van der Waals surface area (Å²) >= 11 is 0. The zero-order valence-electron chi connectivity index (χ0n) is 12.1. The van der Waals surface area contributed by atoms with Crippen molar-refractivity contribution in [2.45, 2.75) is 51.1 Å². The first kappa shape index (κ1) is 14.5. The minimum Gasteiger partial charge on any atom is -0.329 e. The average molecular weight is 261 g/mol. The minimum absolute atomic E-state index is 0.500. The number of hydrogen-bond donors (Lipinski definition) is 1. The minimum atomic E-state index is 0.500. The normalized spacial score (nSPS) is 19.3. The van der Waals surface area contributed by atoms with Gasteiger partial charge in [-0.05, 0) is 37.9 Å². The number of pyridine rings is 1. The van der Waals surface area contributed by atoms with Gasteiger partial charge in [0.1, 0.15) is 0 Å². The molecule has 1 aromatic heterocycles. The molecule has 0 aromatic carbocycles. The van der Waals surface area contributed by atoms with Crippen molar-refractivity contribution in [1.29, 1.82) is 0 Å². The highest BCUT2D eigenvalue weighted by Crippen LogP contribution is 2.27. The molecule has 1 saturated carbocycles. The molecule has 1 aliphatic carbocycles. The van der Waals surface area contributed by atoms with Crippen molar-refractivity contribution in [2.24, 2.45) is 11.7 Å². The van der Waals surface area contributed by atoms with Crippen LogP contribution in [0.2, 0.25) is 0 Å². The Morgan fingerprint density at radius 2 is 2.00 bits per heavy atom. The fourth-order valence-electron chi connectivity index (χ4n) is 3.29. The van der Waals surface area contributed by atoms with E-state index < -0.39 is 0 Å². The monoisotopic (exact) mass is 261 g/mol. The molecular formula is C16H27N3. The Hall–Kier alpha value is -0.930. The van der Waals surface area contributed by atoms with Crippen molar-refractivity contribution < 1.29 is 0 Å². The van der Waals surface area contributed by atoms with E-state index in [1.54, 1.807) is 0 Å². The van der Waals surface area contributed by atoms with Crippen molar-refractivity contribution in [3.05, 3.63) is 30.1 Å². The molecule has 0 spiro atoms. The maximum Gasteiger partial charge on any atom is 0.0543 e. The molecule has 3 heteroatoms. The van der Waals surface area contributed by atoms with Crippen LogP contribution < -0.4 is 5.73 Å². The second-order valence-corrected chi connectivity index (χ2v) is 5.79. The molecule has 0 radical (unpaired) electrons. The summed E-state index contributed by atoms with van der Waals surface area (Å²) in [6, 6.07) is 6.62. The van der Waals surface area contributed by atoms with Crippen LogP contribution in [0.1, 0.15) is 44.2 Å². The van der Waals surface area contributed by atoms with E-state index in [0.29, 0.717) is 6.04 Å². The van der Waals surface area contributed by atoms with Crippen molar-refractivity contribution in [2.75, 3.05) is 13.6 Å². The van der Waals surface area contributed by atoms with Gasteiger partial charge in [-0.15, -0.1) is 0 Å². The Morgan fingerprint density at radius 3 is 2.58 bits per heavy atom. The maximum atomic E-state index is 6.05. The van der Waals surface area contributed by atoms with Gasteiger partial charge in [0, 0.05) is 25.3 Å². The maximum absolute atomic E-state index is 6.05. The van der Waals surface area contributed by atoms with Crippen molar-refractivity contribution in [3.8, 4) is 0 Å². The lowest BCUT2D eigenvalue weighted by Gasteiger charge is -2.33. The fraction of sp³-hybridized carbons (Fsp3) is 0.688. The first-order valence-corrected chi connectivity index (χ1v) is 7.61. The first-order valence-electron chi connectivity index (χ1n) is 7.61. The number of aromatic nitrogens is 1. The van der Waals surface area contributed by atoms with E-state index in [9.17, 15) is 0 Å². The van der Waals surface area contributed by atoms with Crippen LogP contribution in [0.4, 0.5) is 0 Å². The van der Waals surface area contributed by atoms with E-state index in [1.807, 2.05) is 12.3 Å². The second-order valence-electron chi connectivity index (χ2n) is 5.79. The number of nitrogens with zero attached hydrogens (tertiary/aromatic N) is 2. The lowest BCUT2D eigenvalue weighted by Crippen LogP contribution is -2.43. The van der Waals surface area contributed by atoms with E-state index in [1.165, 1.54) is 38.5 Å². The van der Waals surface area contributed by atoms with Gasteiger partial charge >= 0.3 is 0 Å². The Labute approximate surface area is 117 Å². The van der Waals surface area contributed by atoms with Crippen LogP contribution in [0.3, 0.4) is 0 Å². The lowest BCUT2D eigenvalue weighted by atomic mass is 9.91. The van der Waals surface area contributed by atoms with Crippen LogP contribution in [-0.2, 0) is 6.54 Å². The second kappa shape index (κ2) is 7.61. The Kier molecular flexibility index (Phi) is 5.80. The Balaban J connectivity index is 1.95. The van der Waals surface area contributed by atoms with Crippen LogP contribution >= 0.6 is 0 Å². The summed E-state index contributed by atoms with van der Waals surface area (Å²) in [6.45, 7) is 1.66. The molecule has 1 aliphatic rings. The third-order valence-corrected chi connectivity index (χ3v) is 4.39. The van der Waals surface area contributed by atoms with Crippen LogP contribution in [0.5, 0.6) is 0 Å². The number of hydrogen-bond acceptors (Lipinski definition) is 3. The van der Waals surface area contributed by atoms with E-state index in [2.05, 4.69) is 29.1 Å². The summed E-state index contributed by atoms with van der Waals surface area (Å²) in [4.78, 5) is 6.82. The molecule has 1 unspecified atom stereocenters. The Bertz CT molecular complexity index is 344. The average Bonchev–Trinajstić information content (AvgIpc) is 2.70. The lowest BCUT2D eigenvalue weighted by molar-refractivity contribution is 0.158. The number of likely N-dealkylation sites (N-methyl/N-ethyl adjacent to an activating group) is 1. The molecule has 2 N–H and O–H groups in total. The predicted octanol–water partition coefficient (Wildman–Crippen LogP) is 2.81. The summed E-state index contributed by atoms with van der Waals surface area (Å²) < 4.78 is 0. The molecule has 0 saturated heterocycles. The summed E-state index contributed by atoms with van der Waals surface area (Å²) in [5.41, 5.74) is 7.18. The molecule has 0 aliphatic heterocycles. The SMILES string of the molecule is CN(Cc1ccccn1)C(CN)C1CCCCCC1. The highest BCUT2D eigenvalue weighted by Gasteiger charge is 2.25. The van der Waals surface area contributed by atoms with Crippen LogP contribution in [0.25, 0.3) is 0 Å². The third-order valence-electron chi connectivity index (χ3n) is 4.39. The zero-order chi connectivity index (χ0) is 13.5. The standard InChI is InChI=1S/C16H27N3/c1-19(13-15-10-6-7-11-18-15)16(12-17)14-8-4-2-3-5-9-14/h6-7,10-11,14,16H,2-5,8-9,12-13,17H2,1H3. The summed E-state index contributed by atoms with van der Waals surface area (Å²) in [6.07, 6.45) is 10.1. The number of nitrogens with two attached hydrogens (primary N) is 1. The molecule has 1 fully saturated rings. The van der Waals surface area contributed by atoms with Gasteiger partial charge in [-0.25, -0.2) is 0 Å². The molecule has 0 bridgehead atoms. The van der Waals surface area contributed by atoms with E-state index in [4.69, 9.17) is 5.73 Å². The van der Waals surface area contributed by atoms with Crippen LogP contribution in [0.15, 0.2) is 24.4 Å². The molecular weight excluding hydrogens is 234 g/mol. The molecule has 1 atom stereocenters. The molecule has 2 rings (SSSR count). The molecule has 0 amide bonds. The van der Waals surface area contributed by atoms with Crippen LogP contribution in [0, 0.1) is 5.92 Å². The van der Waals surface area contributed by atoms with Gasteiger partial charge in [-0.1, -0.05) is 31.7 Å². The van der Waals surface area contributed by atoms with E-state index in [0.717, 1.165) is 24.7 Å². The van der Waals surface area contributed by atoms with Gasteiger partial charge < -0.3 is 5.73 Å². The predicted molar refractivity (Wildman–Crippen MR) is 79.7 cm³/mol. The molecule has 19 heavy (non-hydrogen) atoms. The third kappa shape index (κ3) is 4.29. The molecule has 106 valence electrons. The number of rotatable bonds is 5. The largest absolute Gasteiger partial charge is 0.329 e. The van der Waals surface area contributed by atoms with Gasteiger partial charge in [0.05, 0.1) is 5.69 Å². The van der Waals surface area contributed by atoms with Crippen molar-refractivity contribution in [1.82, 2.24) is 9.88 Å². The smallest absolute Gasteiger partial charge is 0.0543 e. The Morgan fingerprint density at radius 1 is 1.26 bits per heavy atom. The fourth-order valence-corrected chi connectivity index (χ4v) is 3.29. The van der Waals surface area contributed by atoms with Crippen LogP contribution in [-0.4, -0.2) is 29.5 Å².